The van der Waals surface area contributed by atoms with Crippen molar-refractivity contribution in [1.82, 2.24) is 4.98 Å². The van der Waals surface area contributed by atoms with E-state index in [9.17, 15) is 14.9 Å². The second kappa shape index (κ2) is 10.2. The maximum Gasteiger partial charge on any atom is 0.310 e. The molecule has 2 atom stereocenters. The molecule has 0 spiro atoms. The summed E-state index contributed by atoms with van der Waals surface area (Å²) in [6.45, 7) is 4.48. The molecule has 1 saturated heterocycles. The largest absolute Gasteiger partial charge is 0.471 e. The van der Waals surface area contributed by atoms with E-state index in [1.165, 1.54) is 6.20 Å². The molecule has 7 nitrogen and oxygen atoms in total. The van der Waals surface area contributed by atoms with E-state index in [0.29, 0.717) is 31.0 Å². The van der Waals surface area contributed by atoms with E-state index in [-0.39, 0.29) is 22.6 Å². The monoisotopic (exact) mass is 411 g/mol. The fourth-order valence-corrected chi connectivity index (χ4v) is 4.03. The summed E-state index contributed by atoms with van der Waals surface area (Å²) in [6.07, 6.45) is 7.88. The van der Waals surface area contributed by atoms with Gasteiger partial charge in [0.05, 0.1) is 4.92 Å². The number of carbonyl (C=O) groups is 1. The van der Waals surface area contributed by atoms with Crippen LogP contribution < -0.4 is 9.64 Å². The Hall–Kier alpha value is -2.96. The number of Topliss-reactive ketones (excluding diaryl/α,β-unsaturated/α-hetero) is 1. The summed E-state index contributed by atoms with van der Waals surface area (Å²) in [7, 11) is 0. The molecule has 2 heterocycles. The van der Waals surface area contributed by atoms with Crippen molar-refractivity contribution in [2.45, 2.75) is 58.6 Å². The molecule has 1 aliphatic rings. The van der Waals surface area contributed by atoms with E-state index in [4.69, 9.17) is 4.74 Å². The number of rotatable bonds is 9. The molecule has 0 N–H and O–H groups in total. The smallest absolute Gasteiger partial charge is 0.310 e. The minimum atomic E-state index is -0.388. The van der Waals surface area contributed by atoms with Crippen molar-refractivity contribution in [2.75, 3.05) is 11.4 Å². The van der Waals surface area contributed by atoms with Crippen molar-refractivity contribution in [3.63, 3.8) is 0 Å². The standard InChI is InChI=1S/C23H29N3O4/c1-3-4-19-12-14-25(21-11-13-24-16-22(21)26(28)29)23(15-19)30-20-9-7-18(8-10-20)6-5-17(2)27/h7-11,13,16,19,23H,3-6,12,14-15H2,1-2H3. The fourth-order valence-electron chi connectivity index (χ4n) is 4.03. The molecule has 0 aliphatic carbocycles. The molecule has 1 fully saturated rings. The van der Waals surface area contributed by atoms with Gasteiger partial charge in [-0.15, -0.1) is 0 Å². The number of carbonyl (C=O) groups excluding carboxylic acids is 1. The zero-order valence-electron chi connectivity index (χ0n) is 17.6. The number of hydrogen-bond acceptors (Lipinski definition) is 6. The summed E-state index contributed by atoms with van der Waals surface area (Å²) in [5, 5.41) is 11.5. The lowest BCUT2D eigenvalue weighted by Crippen LogP contribution is -2.46. The molecule has 0 amide bonds. The van der Waals surface area contributed by atoms with Crippen LogP contribution in [0.3, 0.4) is 0 Å². The zero-order valence-corrected chi connectivity index (χ0v) is 17.6. The highest BCUT2D eigenvalue weighted by molar-refractivity contribution is 5.75. The summed E-state index contributed by atoms with van der Waals surface area (Å²) >= 11 is 0. The van der Waals surface area contributed by atoms with Gasteiger partial charge in [-0.1, -0.05) is 31.9 Å². The Morgan fingerprint density at radius 1 is 1.30 bits per heavy atom. The summed E-state index contributed by atoms with van der Waals surface area (Å²) in [5.74, 6) is 1.44. The fraction of sp³-hybridized carbons (Fsp3) is 0.478. The van der Waals surface area contributed by atoms with Crippen molar-refractivity contribution in [3.8, 4) is 5.75 Å². The average Bonchev–Trinajstić information content (AvgIpc) is 2.74. The molecule has 2 unspecified atom stereocenters. The van der Waals surface area contributed by atoms with Crippen LogP contribution in [0.4, 0.5) is 11.4 Å². The number of ether oxygens (including phenoxy) is 1. The molecular formula is C23H29N3O4. The number of nitro groups is 1. The van der Waals surface area contributed by atoms with Crippen LogP contribution in [0.15, 0.2) is 42.7 Å². The first-order valence-electron chi connectivity index (χ1n) is 10.6. The Morgan fingerprint density at radius 3 is 2.73 bits per heavy atom. The van der Waals surface area contributed by atoms with E-state index in [2.05, 4.69) is 11.9 Å². The molecule has 1 aliphatic heterocycles. The van der Waals surface area contributed by atoms with Crippen LogP contribution in [0.5, 0.6) is 5.75 Å². The van der Waals surface area contributed by atoms with Gasteiger partial charge in [0.2, 0.25) is 0 Å². The van der Waals surface area contributed by atoms with Gasteiger partial charge in [0.15, 0.2) is 6.23 Å². The first-order valence-corrected chi connectivity index (χ1v) is 10.6. The number of nitrogens with zero attached hydrogens (tertiary/aromatic N) is 3. The highest BCUT2D eigenvalue weighted by Gasteiger charge is 2.33. The number of anilines is 1. The van der Waals surface area contributed by atoms with Crippen molar-refractivity contribution in [1.29, 1.82) is 0 Å². The molecule has 0 saturated carbocycles. The minimum Gasteiger partial charge on any atom is -0.471 e. The number of piperidine rings is 1. The van der Waals surface area contributed by atoms with Gasteiger partial charge in [-0.3, -0.25) is 15.1 Å². The van der Waals surface area contributed by atoms with Crippen LogP contribution in [-0.4, -0.2) is 28.5 Å². The van der Waals surface area contributed by atoms with Crippen LogP contribution in [0.25, 0.3) is 0 Å². The third-order valence-corrected chi connectivity index (χ3v) is 5.60. The number of ketones is 1. The van der Waals surface area contributed by atoms with Gasteiger partial charge < -0.3 is 14.4 Å². The van der Waals surface area contributed by atoms with Crippen LogP contribution in [0.1, 0.15) is 51.5 Å². The molecule has 0 bridgehead atoms. The highest BCUT2D eigenvalue weighted by Crippen LogP contribution is 2.36. The summed E-state index contributed by atoms with van der Waals surface area (Å²) in [5.41, 5.74) is 1.64. The van der Waals surface area contributed by atoms with E-state index >= 15 is 0 Å². The summed E-state index contributed by atoms with van der Waals surface area (Å²) < 4.78 is 6.33. The molecule has 1 aromatic heterocycles. The Balaban J connectivity index is 1.80. The molecule has 1 aromatic carbocycles. The summed E-state index contributed by atoms with van der Waals surface area (Å²) in [4.78, 5) is 28.2. The number of aryl methyl sites for hydroxylation is 1. The van der Waals surface area contributed by atoms with Crippen molar-refractivity contribution in [2.24, 2.45) is 5.92 Å². The lowest BCUT2D eigenvalue weighted by molar-refractivity contribution is -0.384. The minimum absolute atomic E-state index is 0.000350. The number of benzene rings is 1. The molecular weight excluding hydrogens is 382 g/mol. The predicted molar refractivity (Wildman–Crippen MR) is 116 cm³/mol. The highest BCUT2D eigenvalue weighted by atomic mass is 16.6. The van der Waals surface area contributed by atoms with Gasteiger partial charge in [0.1, 0.15) is 23.4 Å². The van der Waals surface area contributed by atoms with Gasteiger partial charge in [0, 0.05) is 25.6 Å². The quantitative estimate of drug-likeness (QED) is 0.429. The van der Waals surface area contributed by atoms with Gasteiger partial charge in [-0.2, -0.15) is 0 Å². The van der Waals surface area contributed by atoms with E-state index in [1.54, 1.807) is 19.2 Å². The maximum absolute atomic E-state index is 11.5. The zero-order chi connectivity index (χ0) is 21.5. The second-order valence-electron chi connectivity index (χ2n) is 7.91. The number of aromatic nitrogens is 1. The van der Waals surface area contributed by atoms with E-state index in [0.717, 1.165) is 37.0 Å². The van der Waals surface area contributed by atoms with Crippen molar-refractivity contribution in [3.05, 3.63) is 58.4 Å². The summed E-state index contributed by atoms with van der Waals surface area (Å²) in [6, 6.07) is 9.48. The second-order valence-corrected chi connectivity index (χ2v) is 7.91. The Kier molecular flexibility index (Phi) is 7.38. The topological polar surface area (TPSA) is 85.6 Å². The first kappa shape index (κ1) is 21.7. The third-order valence-electron chi connectivity index (χ3n) is 5.60. The van der Waals surface area contributed by atoms with Gasteiger partial charge in [0.25, 0.3) is 0 Å². The average molecular weight is 412 g/mol. The third kappa shape index (κ3) is 5.55. The van der Waals surface area contributed by atoms with Crippen LogP contribution in [-0.2, 0) is 11.2 Å². The lowest BCUT2D eigenvalue weighted by atomic mass is 9.91. The molecule has 30 heavy (non-hydrogen) atoms. The molecule has 0 radical (unpaired) electrons. The van der Waals surface area contributed by atoms with Crippen molar-refractivity contribution >= 4 is 17.2 Å². The van der Waals surface area contributed by atoms with E-state index in [1.807, 2.05) is 29.2 Å². The molecule has 2 aromatic rings. The molecule has 3 rings (SSSR count). The normalized spacial score (nSPS) is 18.8. The Bertz CT molecular complexity index is 869. The number of hydrogen-bond donors (Lipinski definition) is 0. The predicted octanol–water partition coefficient (Wildman–Crippen LogP) is 4.93. The Labute approximate surface area is 177 Å². The SMILES string of the molecule is CCCC1CCN(c2ccncc2[N+](=O)[O-])C(Oc2ccc(CCC(C)=O)cc2)C1. The van der Waals surface area contributed by atoms with Gasteiger partial charge in [-0.25, -0.2) is 0 Å². The van der Waals surface area contributed by atoms with Gasteiger partial charge in [-0.05, 0) is 49.4 Å². The van der Waals surface area contributed by atoms with Crippen molar-refractivity contribution < 1.29 is 14.5 Å². The molecule has 7 heteroatoms. The van der Waals surface area contributed by atoms with Gasteiger partial charge >= 0.3 is 5.69 Å². The number of pyridine rings is 1. The first-order chi connectivity index (χ1) is 14.5. The van der Waals surface area contributed by atoms with Crippen LogP contribution >= 0.6 is 0 Å². The van der Waals surface area contributed by atoms with Crippen LogP contribution in [0, 0.1) is 16.0 Å². The lowest BCUT2D eigenvalue weighted by Gasteiger charge is -2.40. The molecule has 160 valence electrons. The van der Waals surface area contributed by atoms with E-state index < -0.39 is 0 Å². The Morgan fingerprint density at radius 2 is 2.07 bits per heavy atom. The maximum atomic E-state index is 11.5. The van der Waals surface area contributed by atoms with Crippen LogP contribution in [0.2, 0.25) is 0 Å².